The lowest BCUT2D eigenvalue weighted by Gasteiger charge is -2.09. The lowest BCUT2D eigenvalue weighted by atomic mass is 10.0. The van der Waals surface area contributed by atoms with E-state index >= 15 is 0 Å². The van der Waals surface area contributed by atoms with E-state index in [-0.39, 0.29) is 0 Å². The Morgan fingerprint density at radius 2 is 1.78 bits per heavy atom. The topological polar surface area (TPSA) is 47.0 Å². The highest BCUT2D eigenvalue weighted by Gasteiger charge is 2.12. The summed E-state index contributed by atoms with van der Waals surface area (Å²) in [4.78, 5) is 9.96. The summed E-state index contributed by atoms with van der Waals surface area (Å²) in [5.41, 5.74) is 4.90. The van der Waals surface area contributed by atoms with Crippen molar-refractivity contribution in [1.29, 1.82) is 0 Å². The van der Waals surface area contributed by atoms with E-state index in [4.69, 9.17) is 4.74 Å². The van der Waals surface area contributed by atoms with Crippen molar-refractivity contribution in [3.05, 3.63) is 71.4 Å². The molecule has 0 aliphatic carbocycles. The molecule has 0 radical (unpaired) electrons. The molecule has 0 unspecified atom stereocenters. The molecule has 0 spiro atoms. The van der Waals surface area contributed by atoms with E-state index in [1.807, 2.05) is 12.1 Å². The molecule has 2 aromatic heterocycles. The molecule has 2 heterocycles. The van der Waals surface area contributed by atoms with Gasteiger partial charge in [-0.1, -0.05) is 42.0 Å². The van der Waals surface area contributed by atoms with Crippen LogP contribution in [0.2, 0.25) is 0 Å². The van der Waals surface area contributed by atoms with E-state index in [9.17, 15) is 0 Å². The number of aryl methyl sites for hydroxylation is 1. The molecule has 2 aromatic carbocycles. The van der Waals surface area contributed by atoms with Gasteiger partial charge in [-0.05, 0) is 36.6 Å². The minimum Gasteiger partial charge on any atom is -0.497 e. The van der Waals surface area contributed by atoms with Crippen molar-refractivity contribution in [3.8, 4) is 16.9 Å². The highest BCUT2D eigenvalue weighted by molar-refractivity contribution is 7.17. The predicted molar refractivity (Wildman–Crippen MR) is 113 cm³/mol. The predicted octanol–water partition coefficient (Wildman–Crippen LogP) is 5.33. The maximum absolute atomic E-state index is 5.21. The number of hydrogen-bond donors (Lipinski definition) is 1. The van der Waals surface area contributed by atoms with Crippen LogP contribution in [0.4, 0.5) is 5.82 Å². The lowest BCUT2D eigenvalue weighted by molar-refractivity contribution is 0.414. The molecule has 4 aromatic rings. The van der Waals surface area contributed by atoms with E-state index in [1.165, 1.54) is 22.3 Å². The van der Waals surface area contributed by atoms with Gasteiger partial charge in [-0.25, -0.2) is 9.97 Å². The summed E-state index contributed by atoms with van der Waals surface area (Å²) < 4.78 is 5.21. The normalized spacial score (nSPS) is 10.9. The number of nitrogens with one attached hydrogen (secondary N) is 1. The first-order chi connectivity index (χ1) is 13.2. The standard InChI is InChI=1S/C22H21N3OS/c1-15-3-7-17(8-4-15)19-13-27-22-20(19)21(24-14-25-22)23-12-11-16-5-9-18(26-2)10-6-16/h3-10,13-14H,11-12H2,1-2H3,(H,23,24,25). The zero-order valence-corrected chi connectivity index (χ0v) is 16.2. The maximum Gasteiger partial charge on any atom is 0.138 e. The van der Waals surface area contributed by atoms with Gasteiger partial charge in [0.15, 0.2) is 0 Å². The van der Waals surface area contributed by atoms with Gasteiger partial charge >= 0.3 is 0 Å². The molecule has 5 heteroatoms. The van der Waals surface area contributed by atoms with Gasteiger partial charge in [0.2, 0.25) is 0 Å². The molecule has 0 saturated carbocycles. The number of nitrogens with zero attached hydrogens (tertiary/aromatic N) is 2. The van der Waals surface area contributed by atoms with E-state index in [1.54, 1.807) is 24.8 Å². The molecule has 0 aliphatic rings. The van der Waals surface area contributed by atoms with Crippen molar-refractivity contribution >= 4 is 27.4 Å². The Balaban J connectivity index is 1.56. The zero-order chi connectivity index (χ0) is 18.6. The van der Waals surface area contributed by atoms with E-state index in [2.05, 4.69) is 64.0 Å². The molecular weight excluding hydrogens is 354 g/mol. The first kappa shape index (κ1) is 17.5. The summed E-state index contributed by atoms with van der Waals surface area (Å²) in [7, 11) is 1.68. The van der Waals surface area contributed by atoms with Gasteiger partial charge in [-0.3, -0.25) is 0 Å². The third-order valence-corrected chi connectivity index (χ3v) is 5.48. The van der Waals surface area contributed by atoms with Gasteiger partial charge < -0.3 is 10.1 Å². The molecular formula is C22H21N3OS. The van der Waals surface area contributed by atoms with Gasteiger partial charge in [0, 0.05) is 17.5 Å². The average Bonchev–Trinajstić information content (AvgIpc) is 3.14. The minimum atomic E-state index is 0.807. The molecule has 0 saturated heterocycles. The van der Waals surface area contributed by atoms with E-state index in [0.717, 1.165) is 34.7 Å². The lowest BCUT2D eigenvalue weighted by Crippen LogP contribution is -2.07. The fraction of sp³-hybridized carbons (Fsp3) is 0.182. The summed E-state index contributed by atoms with van der Waals surface area (Å²) in [5, 5.41) is 6.76. The maximum atomic E-state index is 5.21. The van der Waals surface area contributed by atoms with Gasteiger partial charge in [0.05, 0.1) is 12.5 Å². The molecule has 4 nitrogen and oxygen atoms in total. The Kier molecular flexibility index (Phi) is 5.03. The van der Waals surface area contributed by atoms with Crippen molar-refractivity contribution in [2.45, 2.75) is 13.3 Å². The highest BCUT2D eigenvalue weighted by Crippen LogP contribution is 2.36. The third kappa shape index (κ3) is 3.78. The summed E-state index contributed by atoms with van der Waals surface area (Å²) in [6, 6.07) is 16.8. The van der Waals surface area contributed by atoms with E-state index in [0.29, 0.717) is 0 Å². The van der Waals surface area contributed by atoms with Crippen molar-refractivity contribution < 1.29 is 4.74 Å². The molecule has 27 heavy (non-hydrogen) atoms. The quantitative estimate of drug-likeness (QED) is 0.495. The summed E-state index contributed by atoms with van der Waals surface area (Å²) in [5.74, 6) is 1.77. The molecule has 0 amide bonds. The summed E-state index contributed by atoms with van der Waals surface area (Å²) in [6.45, 7) is 2.91. The van der Waals surface area contributed by atoms with Gasteiger partial charge in [-0.2, -0.15) is 0 Å². The highest BCUT2D eigenvalue weighted by atomic mass is 32.1. The summed E-state index contributed by atoms with van der Waals surface area (Å²) in [6.07, 6.45) is 2.55. The Bertz CT molecular complexity index is 1040. The number of anilines is 1. The number of hydrogen-bond acceptors (Lipinski definition) is 5. The van der Waals surface area contributed by atoms with Crippen molar-refractivity contribution in [1.82, 2.24) is 9.97 Å². The van der Waals surface area contributed by atoms with Crippen LogP contribution >= 0.6 is 11.3 Å². The Labute approximate surface area is 162 Å². The van der Waals surface area contributed by atoms with Crippen LogP contribution in [0.25, 0.3) is 21.3 Å². The first-order valence-electron chi connectivity index (χ1n) is 8.90. The van der Waals surface area contributed by atoms with Crippen LogP contribution in [0.3, 0.4) is 0 Å². The van der Waals surface area contributed by atoms with Crippen LogP contribution in [0.15, 0.2) is 60.2 Å². The fourth-order valence-electron chi connectivity index (χ4n) is 3.07. The second-order valence-electron chi connectivity index (χ2n) is 6.44. The number of ether oxygens (including phenoxy) is 1. The van der Waals surface area contributed by atoms with E-state index < -0.39 is 0 Å². The monoisotopic (exact) mass is 375 g/mol. The molecule has 0 fully saturated rings. The smallest absolute Gasteiger partial charge is 0.138 e. The third-order valence-electron chi connectivity index (χ3n) is 4.60. The minimum absolute atomic E-state index is 0.807. The molecule has 136 valence electrons. The SMILES string of the molecule is COc1ccc(CCNc2ncnc3scc(-c4ccc(C)cc4)c23)cc1. The van der Waals surface area contributed by atoms with Crippen molar-refractivity contribution in [2.24, 2.45) is 0 Å². The van der Waals surface area contributed by atoms with Crippen LogP contribution in [-0.4, -0.2) is 23.6 Å². The number of thiophene rings is 1. The summed E-state index contributed by atoms with van der Waals surface area (Å²) >= 11 is 1.66. The van der Waals surface area contributed by atoms with Crippen LogP contribution in [0, 0.1) is 6.92 Å². The number of rotatable bonds is 6. The van der Waals surface area contributed by atoms with Crippen LogP contribution in [0.1, 0.15) is 11.1 Å². The van der Waals surface area contributed by atoms with Crippen LogP contribution < -0.4 is 10.1 Å². The van der Waals surface area contributed by atoms with Gasteiger partial charge in [-0.15, -0.1) is 11.3 Å². The molecule has 1 N–H and O–H groups in total. The van der Waals surface area contributed by atoms with Crippen LogP contribution in [-0.2, 0) is 6.42 Å². The van der Waals surface area contributed by atoms with Crippen LogP contribution in [0.5, 0.6) is 5.75 Å². The molecule has 0 bridgehead atoms. The first-order valence-corrected chi connectivity index (χ1v) is 9.78. The largest absolute Gasteiger partial charge is 0.497 e. The number of benzene rings is 2. The number of methoxy groups -OCH3 is 1. The zero-order valence-electron chi connectivity index (χ0n) is 15.4. The van der Waals surface area contributed by atoms with Crippen molar-refractivity contribution in [3.63, 3.8) is 0 Å². The second-order valence-corrected chi connectivity index (χ2v) is 7.30. The van der Waals surface area contributed by atoms with Gasteiger partial charge in [0.1, 0.15) is 22.7 Å². The average molecular weight is 375 g/mol. The Morgan fingerprint density at radius 3 is 2.52 bits per heavy atom. The number of aromatic nitrogens is 2. The Morgan fingerprint density at radius 1 is 1.00 bits per heavy atom. The molecule has 0 atom stereocenters. The molecule has 0 aliphatic heterocycles. The second kappa shape index (κ2) is 7.76. The fourth-order valence-corrected chi connectivity index (χ4v) is 3.99. The van der Waals surface area contributed by atoms with Crippen molar-refractivity contribution in [2.75, 3.05) is 19.0 Å². The molecule has 4 rings (SSSR count). The number of fused-ring (bicyclic) bond motifs is 1. The Hall–Kier alpha value is -2.92. The van der Waals surface area contributed by atoms with Gasteiger partial charge in [0.25, 0.3) is 0 Å².